The van der Waals surface area contributed by atoms with Gasteiger partial charge in [-0.25, -0.2) is 9.97 Å². The largest absolute Gasteiger partial charge is 0.381 e. The molecule has 3 heterocycles. The van der Waals surface area contributed by atoms with Gasteiger partial charge in [-0.05, 0) is 19.3 Å². The van der Waals surface area contributed by atoms with Gasteiger partial charge in [-0.15, -0.1) is 0 Å². The van der Waals surface area contributed by atoms with E-state index in [1.807, 2.05) is 0 Å². The van der Waals surface area contributed by atoms with E-state index in [2.05, 4.69) is 26.3 Å². The van der Waals surface area contributed by atoms with Crippen molar-refractivity contribution in [3.05, 3.63) is 18.1 Å². The molecule has 0 spiro atoms. The highest BCUT2D eigenvalue weighted by Crippen LogP contribution is 2.34. The van der Waals surface area contributed by atoms with Crippen LogP contribution in [0.15, 0.2) is 12.4 Å². The van der Waals surface area contributed by atoms with Crippen molar-refractivity contribution in [1.29, 1.82) is 0 Å². The molecule has 26 heavy (non-hydrogen) atoms. The fourth-order valence-corrected chi connectivity index (χ4v) is 4.74. The van der Waals surface area contributed by atoms with Crippen LogP contribution in [-0.4, -0.2) is 66.5 Å². The van der Waals surface area contributed by atoms with Crippen LogP contribution in [0.3, 0.4) is 0 Å². The molecule has 0 bridgehead atoms. The summed E-state index contributed by atoms with van der Waals surface area (Å²) in [5, 5.41) is 3.67. The number of anilines is 1. The van der Waals surface area contributed by atoms with E-state index in [4.69, 9.17) is 9.47 Å². The van der Waals surface area contributed by atoms with Gasteiger partial charge in [-0.3, -0.25) is 4.90 Å². The van der Waals surface area contributed by atoms with Crippen molar-refractivity contribution < 1.29 is 9.47 Å². The third-order valence-electron chi connectivity index (χ3n) is 6.35. The first kappa shape index (κ1) is 18.1. The molecule has 144 valence electrons. The van der Waals surface area contributed by atoms with E-state index in [0.29, 0.717) is 5.92 Å². The third-order valence-corrected chi connectivity index (χ3v) is 6.35. The molecule has 0 amide bonds. The van der Waals surface area contributed by atoms with E-state index < -0.39 is 0 Å². The van der Waals surface area contributed by atoms with E-state index in [1.54, 1.807) is 6.33 Å². The Morgan fingerprint density at radius 1 is 1.04 bits per heavy atom. The molecule has 1 atom stereocenters. The summed E-state index contributed by atoms with van der Waals surface area (Å²) < 4.78 is 11.1. The van der Waals surface area contributed by atoms with Gasteiger partial charge in [0, 0.05) is 43.8 Å². The van der Waals surface area contributed by atoms with Crippen LogP contribution in [-0.2, 0) is 9.47 Å². The summed E-state index contributed by atoms with van der Waals surface area (Å²) in [5.41, 5.74) is 1.35. The molecule has 3 aliphatic rings. The molecule has 0 aromatic carbocycles. The third kappa shape index (κ3) is 4.18. The number of nitrogens with zero attached hydrogens (tertiary/aromatic N) is 3. The lowest BCUT2D eigenvalue weighted by Gasteiger charge is -2.46. The first-order valence-electron chi connectivity index (χ1n) is 10.3. The van der Waals surface area contributed by atoms with Crippen molar-refractivity contribution in [3.63, 3.8) is 0 Å². The van der Waals surface area contributed by atoms with Crippen LogP contribution in [0.5, 0.6) is 0 Å². The minimum absolute atomic E-state index is 0.238. The molecule has 1 N–H and O–H groups in total. The smallest absolute Gasteiger partial charge is 0.129 e. The number of rotatable bonds is 5. The second-order valence-electron chi connectivity index (χ2n) is 7.98. The van der Waals surface area contributed by atoms with Gasteiger partial charge in [0.2, 0.25) is 0 Å². The van der Waals surface area contributed by atoms with Crippen molar-refractivity contribution >= 4 is 5.82 Å². The van der Waals surface area contributed by atoms with Crippen molar-refractivity contribution in [2.45, 2.75) is 56.4 Å². The summed E-state index contributed by atoms with van der Waals surface area (Å²) in [5.74, 6) is 1.38. The fourth-order valence-electron chi connectivity index (χ4n) is 4.74. The van der Waals surface area contributed by atoms with Crippen LogP contribution < -0.4 is 5.32 Å². The Hall–Kier alpha value is -1.24. The zero-order valence-corrected chi connectivity index (χ0v) is 15.8. The summed E-state index contributed by atoms with van der Waals surface area (Å²) in [6.45, 7) is 6.42. The van der Waals surface area contributed by atoms with Gasteiger partial charge in [0.25, 0.3) is 0 Å². The van der Waals surface area contributed by atoms with Crippen molar-refractivity contribution in [2.75, 3.05) is 51.4 Å². The first-order chi connectivity index (χ1) is 12.9. The topological polar surface area (TPSA) is 59.5 Å². The van der Waals surface area contributed by atoms with Gasteiger partial charge in [0.15, 0.2) is 0 Å². The maximum Gasteiger partial charge on any atom is 0.129 e. The van der Waals surface area contributed by atoms with E-state index in [0.717, 1.165) is 64.0 Å². The van der Waals surface area contributed by atoms with Crippen molar-refractivity contribution in [1.82, 2.24) is 14.9 Å². The Kier molecular flexibility index (Phi) is 6.02. The maximum absolute atomic E-state index is 5.61. The molecule has 1 aliphatic carbocycles. The summed E-state index contributed by atoms with van der Waals surface area (Å²) in [7, 11) is 0. The Morgan fingerprint density at radius 2 is 1.85 bits per heavy atom. The van der Waals surface area contributed by atoms with Gasteiger partial charge >= 0.3 is 0 Å². The van der Waals surface area contributed by atoms with Crippen LogP contribution in [0.25, 0.3) is 0 Å². The molecule has 6 nitrogen and oxygen atoms in total. The van der Waals surface area contributed by atoms with Gasteiger partial charge in [-0.1, -0.05) is 25.7 Å². The van der Waals surface area contributed by atoms with Crippen LogP contribution in [0.2, 0.25) is 0 Å². The van der Waals surface area contributed by atoms with Crippen molar-refractivity contribution in [3.8, 4) is 0 Å². The highest BCUT2D eigenvalue weighted by Gasteiger charge is 2.37. The van der Waals surface area contributed by atoms with E-state index in [-0.39, 0.29) is 5.54 Å². The SMILES string of the molecule is c1nc(NCC2(N3CCOCC3)CCCCCC2)cc([C@H]2CCOC2)n1. The molecule has 0 radical (unpaired) electrons. The van der Waals surface area contributed by atoms with Gasteiger partial charge in [0.05, 0.1) is 25.5 Å². The molecule has 1 aromatic rings. The molecule has 4 rings (SSSR count). The number of hydrogen-bond acceptors (Lipinski definition) is 6. The molecule has 1 aromatic heterocycles. The standard InChI is InChI=1S/C20H32N4O2/c1-2-4-7-20(6-3-1,24-8-11-25-12-9-24)15-21-19-13-18(22-16-23-19)17-5-10-26-14-17/h13,16-17H,1-12,14-15H2,(H,21,22,23)/t17-/m0/s1. The number of aromatic nitrogens is 2. The highest BCUT2D eigenvalue weighted by atomic mass is 16.5. The lowest BCUT2D eigenvalue weighted by Crippen LogP contribution is -2.56. The second kappa shape index (κ2) is 8.63. The molecule has 3 fully saturated rings. The lowest BCUT2D eigenvalue weighted by molar-refractivity contribution is -0.0240. The minimum atomic E-state index is 0.238. The molecular formula is C20H32N4O2. The molecule has 6 heteroatoms. The second-order valence-corrected chi connectivity index (χ2v) is 7.98. The van der Waals surface area contributed by atoms with E-state index in [9.17, 15) is 0 Å². The molecule has 0 unspecified atom stereocenters. The zero-order valence-electron chi connectivity index (χ0n) is 15.8. The van der Waals surface area contributed by atoms with E-state index in [1.165, 1.54) is 38.5 Å². The van der Waals surface area contributed by atoms with Crippen LogP contribution in [0.4, 0.5) is 5.82 Å². The highest BCUT2D eigenvalue weighted by molar-refractivity contribution is 5.36. The Morgan fingerprint density at radius 3 is 2.58 bits per heavy atom. The Balaban J connectivity index is 1.46. The molecule has 2 saturated heterocycles. The number of hydrogen-bond donors (Lipinski definition) is 1. The fraction of sp³-hybridized carbons (Fsp3) is 0.800. The van der Waals surface area contributed by atoms with Gasteiger partial charge < -0.3 is 14.8 Å². The Labute approximate surface area is 156 Å². The summed E-state index contributed by atoms with van der Waals surface area (Å²) in [4.78, 5) is 11.7. The van der Waals surface area contributed by atoms with E-state index >= 15 is 0 Å². The normalized spacial score (nSPS) is 27.2. The van der Waals surface area contributed by atoms with Gasteiger partial charge in [0.1, 0.15) is 12.1 Å². The number of ether oxygens (including phenoxy) is 2. The number of nitrogens with one attached hydrogen (secondary N) is 1. The van der Waals surface area contributed by atoms with Crippen LogP contribution in [0.1, 0.15) is 56.6 Å². The first-order valence-corrected chi connectivity index (χ1v) is 10.3. The Bertz CT molecular complexity index is 563. The van der Waals surface area contributed by atoms with Gasteiger partial charge in [-0.2, -0.15) is 0 Å². The summed E-state index contributed by atoms with van der Waals surface area (Å²) in [6.07, 6.45) is 10.7. The molecular weight excluding hydrogens is 328 g/mol. The quantitative estimate of drug-likeness (QED) is 0.815. The van der Waals surface area contributed by atoms with Crippen LogP contribution >= 0.6 is 0 Å². The average molecular weight is 361 g/mol. The molecule has 1 saturated carbocycles. The number of morpholine rings is 1. The monoisotopic (exact) mass is 360 g/mol. The summed E-state index contributed by atoms with van der Waals surface area (Å²) >= 11 is 0. The predicted molar refractivity (Wildman–Crippen MR) is 102 cm³/mol. The maximum atomic E-state index is 5.61. The lowest BCUT2D eigenvalue weighted by atomic mass is 9.87. The average Bonchev–Trinajstić information content (AvgIpc) is 3.13. The molecule has 2 aliphatic heterocycles. The van der Waals surface area contributed by atoms with Crippen molar-refractivity contribution in [2.24, 2.45) is 0 Å². The van der Waals surface area contributed by atoms with Crippen LogP contribution in [0, 0.1) is 0 Å². The summed E-state index contributed by atoms with van der Waals surface area (Å²) in [6, 6.07) is 2.13. The minimum Gasteiger partial charge on any atom is -0.381 e. The zero-order chi connectivity index (χ0) is 17.7. The predicted octanol–water partition coefficient (Wildman–Crippen LogP) is 2.82.